The van der Waals surface area contributed by atoms with Gasteiger partial charge in [-0.25, -0.2) is 0 Å². The molecule has 0 N–H and O–H groups in total. The fourth-order valence-electron chi connectivity index (χ4n) is 7.37. The second-order valence-electron chi connectivity index (χ2n) is 9.90. The van der Waals surface area contributed by atoms with Gasteiger partial charge in [0.25, 0.3) is 0 Å². The number of aryl methyl sites for hydroxylation is 1. The van der Waals surface area contributed by atoms with Crippen LogP contribution in [0.2, 0.25) is 0 Å². The van der Waals surface area contributed by atoms with Crippen molar-refractivity contribution >= 4 is 0 Å². The van der Waals surface area contributed by atoms with Crippen LogP contribution in [0, 0.1) is 18.8 Å². The number of piperidine rings is 1. The molecule has 3 aliphatic carbocycles. The van der Waals surface area contributed by atoms with Crippen molar-refractivity contribution < 1.29 is 14.2 Å². The van der Waals surface area contributed by atoms with Crippen LogP contribution < -0.4 is 4.74 Å². The topological polar surface area (TPSA) is 30.9 Å². The zero-order valence-electron chi connectivity index (χ0n) is 16.2. The molecule has 2 bridgehead atoms. The molecule has 0 radical (unpaired) electrons. The lowest BCUT2D eigenvalue weighted by molar-refractivity contribution is -0.261. The molecule has 4 nitrogen and oxygen atoms in total. The molecular formula is C23H29NO3. The molecule has 0 amide bonds. The van der Waals surface area contributed by atoms with Gasteiger partial charge in [0.15, 0.2) is 6.10 Å². The van der Waals surface area contributed by atoms with Crippen LogP contribution in [0.5, 0.6) is 5.75 Å². The molecule has 0 aromatic heterocycles. The Hall–Kier alpha value is -1.10. The Morgan fingerprint density at radius 1 is 1.11 bits per heavy atom. The SMILES string of the molecule is Cc1ccc2c3c1OC1C4(CCC5[C@H](C2)N(CC2CC2)CCC351)OCCO4. The summed E-state index contributed by atoms with van der Waals surface area (Å²) in [7, 11) is 0. The second-order valence-corrected chi connectivity index (χ2v) is 9.90. The van der Waals surface area contributed by atoms with E-state index >= 15 is 0 Å². The molecule has 2 spiro atoms. The number of likely N-dealkylation sites (tertiary alicyclic amines) is 1. The molecule has 3 aliphatic heterocycles. The van der Waals surface area contributed by atoms with Gasteiger partial charge in [0.2, 0.25) is 5.79 Å². The summed E-state index contributed by atoms with van der Waals surface area (Å²) < 4.78 is 19.4. The Morgan fingerprint density at radius 2 is 1.96 bits per heavy atom. The molecule has 27 heavy (non-hydrogen) atoms. The summed E-state index contributed by atoms with van der Waals surface area (Å²) in [4.78, 5) is 2.85. The zero-order chi connectivity index (χ0) is 17.8. The van der Waals surface area contributed by atoms with Gasteiger partial charge in [-0.1, -0.05) is 12.1 Å². The van der Waals surface area contributed by atoms with Crippen LogP contribution in [-0.2, 0) is 21.3 Å². The van der Waals surface area contributed by atoms with Crippen LogP contribution in [-0.4, -0.2) is 49.1 Å². The summed E-state index contributed by atoms with van der Waals surface area (Å²) in [5.74, 6) is 2.29. The molecule has 1 aromatic rings. The molecule has 4 fully saturated rings. The molecule has 2 saturated carbocycles. The van der Waals surface area contributed by atoms with Gasteiger partial charge in [0.1, 0.15) is 5.75 Å². The van der Waals surface area contributed by atoms with Crippen molar-refractivity contribution in [1.82, 2.24) is 4.90 Å². The number of rotatable bonds is 2. The lowest BCUT2D eigenvalue weighted by atomic mass is 9.50. The molecule has 144 valence electrons. The average molecular weight is 367 g/mol. The Balaban J connectivity index is 1.41. The van der Waals surface area contributed by atoms with Crippen LogP contribution in [0.4, 0.5) is 0 Å². The third kappa shape index (κ3) is 1.86. The summed E-state index contributed by atoms with van der Waals surface area (Å²) in [6.07, 6.45) is 7.51. The van der Waals surface area contributed by atoms with E-state index in [2.05, 4.69) is 24.0 Å². The Bertz CT molecular complexity index is 812. The summed E-state index contributed by atoms with van der Waals surface area (Å²) >= 11 is 0. The van der Waals surface area contributed by atoms with Crippen molar-refractivity contribution in [1.29, 1.82) is 0 Å². The number of ether oxygens (including phenoxy) is 3. The molecular weight excluding hydrogens is 338 g/mol. The highest BCUT2D eigenvalue weighted by molar-refractivity contribution is 5.58. The maximum atomic E-state index is 6.81. The number of benzene rings is 1. The lowest BCUT2D eigenvalue weighted by Crippen LogP contribution is -2.70. The average Bonchev–Trinajstić information content (AvgIpc) is 3.24. The van der Waals surface area contributed by atoms with E-state index in [4.69, 9.17) is 14.2 Å². The number of hydrogen-bond acceptors (Lipinski definition) is 4. The molecule has 7 rings (SSSR count). The minimum atomic E-state index is -0.514. The molecule has 6 aliphatic rings. The van der Waals surface area contributed by atoms with Gasteiger partial charge in [0, 0.05) is 30.0 Å². The largest absolute Gasteiger partial charge is 0.483 e. The highest BCUT2D eigenvalue weighted by Gasteiger charge is 2.71. The molecule has 4 atom stereocenters. The smallest absolute Gasteiger partial charge is 0.206 e. The van der Waals surface area contributed by atoms with E-state index in [9.17, 15) is 0 Å². The molecule has 3 unspecified atom stereocenters. The van der Waals surface area contributed by atoms with Gasteiger partial charge in [-0.05, 0) is 68.5 Å². The summed E-state index contributed by atoms with van der Waals surface area (Å²) in [6, 6.07) is 5.33. The first-order valence-corrected chi connectivity index (χ1v) is 11.0. The van der Waals surface area contributed by atoms with E-state index in [1.165, 1.54) is 61.9 Å². The molecule has 4 heteroatoms. The van der Waals surface area contributed by atoms with Crippen molar-refractivity contribution in [3.05, 3.63) is 28.8 Å². The Morgan fingerprint density at radius 3 is 2.78 bits per heavy atom. The van der Waals surface area contributed by atoms with Crippen molar-refractivity contribution in [2.45, 2.75) is 68.8 Å². The van der Waals surface area contributed by atoms with E-state index in [1.54, 1.807) is 0 Å². The summed E-state index contributed by atoms with van der Waals surface area (Å²) in [6.45, 7) is 6.14. The minimum absolute atomic E-state index is 0.0342. The number of nitrogens with zero attached hydrogens (tertiary/aromatic N) is 1. The highest BCUT2D eigenvalue weighted by atomic mass is 16.8. The Kier molecular flexibility index (Phi) is 2.97. The van der Waals surface area contributed by atoms with Crippen molar-refractivity contribution in [3.8, 4) is 5.75 Å². The highest BCUT2D eigenvalue weighted by Crippen LogP contribution is 2.65. The monoisotopic (exact) mass is 367 g/mol. The van der Waals surface area contributed by atoms with Gasteiger partial charge < -0.3 is 14.2 Å². The number of fused-ring (bicyclic) bond motifs is 1. The van der Waals surface area contributed by atoms with Crippen LogP contribution in [0.15, 0.2) is 12.1 Å². The third-order valence-electron chi connectivity index (χ3n) is 8.62. The Labute approximate surface area is 161 Å². The van der Waals surface area contributed by atoms with Crippen molar-refractivity contribution in [2.75, 3.05) is 26.3 Å². The van der Waals surface area contributed by atoms with Crippen LogP contribution in [0.25, 0.3) is 0 Å². The van der Waals surface area contributed by atoms with E-state index in [-0.39, 0.29) is 11.5 Å². The first-order valence-electron chi connectivity index (χ1n) is 11.0. The van der Waals surface area contributed by atoms with Gasteiger partial charge in [-0.3, -0.25) is 4.90 Å². The predicted octanol–water partition coefficient (Wildman–Crippen LogP) is 3.19. The van der Waals surface area contributed by atoms with Gasteiger partial charge >= 0.3 is 0 Å². The van der Waals surface area contributed by atoms with Crippen LogP contribution in [0.3, 0.4) is 0 Å². The van der Waals surface area contributed by atoms with Crippen LogP contribution >= 0.6 is 0 Å². The number of hydrogen-bond donors (Lipinski definition) is 0. The standard InChI is InChI=1S/C23H29NO3/c1-14-2-5-16-12-18-17-6-7-23(25-10-11-26-23)21-22(17,19(16)20(14)27-21)8-9-24(18)13-15-3-4-15/h2,5,15,17-18,21H,3-4,6-13H2,1H3/t17?,18-,21?,22?/m0/s1. The zero-order valence-corrected chi connectivity index (χ0v) is 16.2. The van der Waals surface area contributed by atoms with E-state index in [1.807, 2.05) is 0 Å². The first kappa shape index (κ1) is 15.8. The molecule has 2 saturated heterocycles. The maximum absolute atomic E-state index is 6.81. The second kappa shape index (κ2) is 5.08. The minimum Gasteiger partial charge on any atom is -0.483 e. The van der Waals surface area contributed by atoms with E-state index in [0.717, 1.165) is 18.1 Å². The third-order valence-corrected chi connectivity index (χ3v) is 8.62. The van der Waals surface area contributed by atoms with Crippen molar-refractivity contribution in [2.24, 2.45) is 11.8 Å². The maximum Gasteiger partial charge on any atom is 0.206 e. The van der Waals surface area contributed by atoms with E-state index < -0.39 is 5.79 Å². The van der Waals surface area contributed by atoms with Gasteiger partial charge in [-0.2, -0.15) is 0 Å². The van der Waals surface area contributed by atoms with Gasteiger partial charge in [-0.15, -0.1) is 0 Å². The normalized spacial score (nSPS) is 40.9. The van der Waals surface area contributed by atoms with Gasteiger partial charge in [0.05, 0.1) is 13.2 Å². The fraction of sp³-hybridized carbons (Fsp3) is 0.739. The predicted molar refractivity (Wildman–Crippen MR) is 101 cm³/mol. The van der Waals surface area contributed by atoms with Crippen LogP contribution in [0.1, 0.15) is 48.8 Å². The van der Waals surface area contributed by atoms with E-state index in [0.29, 0.717) is 25.2 Å². The molecule has 1 aromatic carbocycles. The first-order chi connectivity index (χ1) is 13.2. The lowest BCUT2D eigenvalue weighted by Gasteiger charge is -2.61. The van der Waals surface area contributed by atoms with Crippen molar-refractivity contribution in [3.63, 3.8) is 0 Å². The summed E-state index contributed by atoms with van der Waals surface area (Å²) in [5.41, 5.74) is 4.46. The fourth-order valence-corrected chi connectivity index (χ4v) is 7.37. The molecule has 3 heterocycles. The quantitative estimate of drug-likeness (QED) is 0.803. The summed E-state index contributed by atoms with van der Waals surface area (Å²) in [5, 5.41) is 0.